The van der Waals surface area contributed by atoms with E-state index < -0.39 is 16.3 Å². The summed E-state index contributed by atoms with van der Waals surface area (Å²) in [6.07, 6.45) is 0.106. The molecule has 4 rings (SSSR count). The minimum atomic E-state index is -3.24. The van der Waals surface area contributed by atoms with Crippen LogP contribution in [0.1, 0.15) is 12.0 Å². The lowest BCUT2D eigenvalue weighted by atomic mass is 10.0. The van der Waals surface area contributed by atoms with Crippen molar-refractivity contribution in [1.29, 1.82) is 0 Å². The second-order valence-corrected chi connectivity index (χ2v) is 8.66. The van der Waals surface area contributed by atoms with Gasteiger partial charge in [-0.3, -0.25) is 4.98 Å². The summed E-state index contributed by atoms with van der Waals surface area (Å²) in [6, 6.07) is 18.6. The number of para-hydroxylation sites is 1. The number of benzene rings is 3. The highest BCUT2D eigenvalue weighted by atomic mass is 32.2. The Balaban J connectivity index is 1.68. The van der Waals surface area contributed by atoms with E-state index in [0.717, 1.165) is 16.7 Å². The van der Waals surface area contributed by atoms with Crippen LogP contribution in [0.4, 0.5) is 8.78 Å². The summed E-state index contributed by atoms with van der Waals surface area (Å²) < 4.78 is 49.7. The molecule has 1 heterocycles. The standard InChI is InChI=1S/C22H16F2N2O2S/c1-29(27,28)17-11-9-15(10-12-17)14-5-7-16(8-6-14)20-13-25-19-4-2-3-18(22(23)24)21(19)26-20/h2-13,22H,1H3. The summed E-state index contributed by atoms with van der Waals surface area (Å²) in [5.41, 5.74) is 3.50. The molecule has 0 saturated heterocycles. The Morgan fingerprint density at radius 2 is 1.41 bits per heavy atom. The minimum Gasteiger partial charge on any atom is -0.252 e. The maximum absolute atomic E-state index is 13.3. The van der Waals surface area contributed by atoms with Gasteiger partial charge in [-0.05, 0) is 29.3 Å². The Morgan fingerprint density at radius 1 is 0.828 bits per heavy atom. The second-order valence-electron chi connectivity index (χ2n) is 6.64. The molecule has 146 valence electrons. The van der Waals surface area contributed by atoms with Crippen LogP contribution in [0.25, 0.3) is 33.4 Å². The molecule has 0 aliphatic heterocycles. The predicted molar refractivity (Wildman–Crippen MR) is 108 cm³/mol. The first-order chi connectivity index (χ1) is 13.8. The van der Waals surface area contributed by atoms with E-state index in [1.54, 1.807) is 42.6 Å². The lowest BCUT2D eigenvalue weighted by molar-refractivity contribution is 0.153. The van der Waals surface area contributed by atoms with Crippen molar-refractivity contribution in [3.8, 4) is 22.4 Å². The molecule has 0 spiro atoms. The van der Waals surface area contributed by atoms with E-state index in [1.165, 1.54) is 12.3 Å². The number of hydrogen-bond acceptors (Lipinski definition) is 4. The molecule has 0 fully saturated rings. The average molecular weight is 410 g/mol. The second kappa shape index (κ2) is 7.33. The van der Waals surface area contributed by atoms with Crippen LogP contribution >= 0.6 is 0 Å². The van der Waals surface area contributed by atoms with Gasteiger partial charge in [-0.25, -0.2) is 22.2 Å². The zero-order valence-corrected chi connectivity index (χ0v) is 16.2. The molecule has 0 N–H and O–H groups in total. The molecule has 0 amide bonds. The van der Waals surface area contributed by atoms with Crippen LogP contribution in [-0.2, 0) is 9.84 Å². The zero-order valence-electron chi connectivity index (χ0n) is 15.4. The van der Waals surface area contributed by atoms with Crippen LogP contribution < -0.4 is 0 Å². The first-order valence-corrected chi connectivity index (χ1v) is 10.7. The topological polar surface area (TPSA) is 59.9 Å². The van der Waals surface area contributed by atoms with Gasteiger partial charge in [-0.2, -0.15) is 0 Å². The van der Waals surface area contributed by atoms with Crippen molar-refractivity contribution >= 4 is 20.9 Å². The van der Waals surface area contributed by atoms with Gasteiger partial charge in [0.25, 0.3) is 6.43 Å². The highest BCUT2D eigenvalue weighted by Crippen LogP contribution is 2.29. The Hall–Kier alpha value is -3.19. The Morgan fingerprint density at radius 3 is 2.00 bits per heavy atom. The van der Waals surface area contributed by atoms with Gasteiger partial charge in [0.1, 0.15) is 0 Å². The number of rotatable bonds is 4. The van der Waals surface area contributed by atoms with Crippen molar-refractivity contribution in [2.24, 2.45) is 0 Å². The molecule has 0 saturated carbocycles. The molecule has 0 unspecified atom stereocenters. The summed E-state index contributed by atoms with van der Waals surface area (Å²) >= 11 is 0. The zero-order chi connectivity index (χ0) is 20.6. The third-order valence-corrected chi connectivity index (χ3v) is 5.76. The van der Waals surface area contributed by atoms with Crippen LogP contribution in [0.3, 0.4) is 0 Å². The number of aromatic nitrogens is 2. The van der Waals surface area contributed by atoms with Crippen LogP contribution in [0.2, 0.25) is 0 Å². The number of fused-ring (bicyclic) bond motifs is 1. The van der Waals surface area contributed by atoms with Crippen molar-refractivity contribution in [2.45, 2.75) is 11.3 Å². The molecule has 4 nitrogen and oxygen atoms in total. The number of hydrogen-bond donors (Lipinski definition) is 0. The van der Waals surface area contributed by atoms with E-state index in [9.17, 15) is 17.2 Å². The van der Waals surface area contributed by atoms with Gasteiger partial charge in [-0.15, -0.1) is 0 Å². The monoisotopic (exact) mass is 410 g/mol. The van der Waals surface area contributed by atoms with Crippen LogP contribution in [-0.4, -0.2) is 24.6 Å². The number of alkyl halides is 2. The highest BCUT2D eigenvalue weighted by Gasteiger charge is 2.14. The van der Waals surface area contributed by atoms with Crippen LogP contribution in [0, 0.1) is 0 Å². The quantitative estimate of drug-likeness (QED) is 0.458. The third kappa shape index (κ3) is 3.86. The Labute approximate surface area is 166 Å². The van der Waals surface area contributed by atoms with Crippen LogP contribution in [0.5, 0.6) is 0 Å². The first-order valence-electron chi connectivity index (χ1n) is 8.78. The Bertz CT molecular complexity index is 1290. The highest BCUT2D eigenvalue weighted by molar-refractivity contribution is 7.90. The fourth-order valence-corrected chi connectivity index (χ4v) is 3.73. The van der Waals surface area contributed by atoms with Gasteiger partial charge in [0, 0.05) is 17.4 Å². The smallest absolute Gasteiger partial charge is 0.252 e. The van der Waals surface area contributed by atoms with Crippen molar-refractivity contribution in [3.63, 3.8) is 0 Å². The fourth-order valence-electron chi connectivity index (χ4n) is 3.10. The molecule has 0 atom stereocenters. The minimum absolute atomic E-state index is 0.139. The number of nitrogens with zero attached hydrogens (tertiary/aromatic N) is 2. The molecule has 0 aliphatic rings. The van der Waals surface area contributed by atoms with Gasteiger partial charge in [-0.1, -0.05) is 48.5 Å². The van der Waals surface area contributed by atoms with E-state index in [4.69, 9.17) is 0 Å². The molecule has 0 radical (unpaired) electrons. The van der Waals surface area contributed by atoms with E-state index in [1.807, 2.05) is 24.3 Å². The molecular weight excluding hydrogens is 394 g/mol. The van der Waals surface area contributed by atoms with Crippen molar-refractivity contribution < 1.29 is 17.2 Å². The lowest BCUT2D eigenvalue weighted by Gasteiger charge is -2.08. The molecule has 4 aromatic rings. The van der Waals surface area contributed by atoms with Gasteiger partial charge in [0.15, 0.2) is 9.84 Å². The summed E-state index contributed by atoms with van der Waals surface area (Å²) in [7, 11) is -3.24. The van der Waals surface area contributed by atoms with Gasteiger partial charge in [0.05, 0.1) is 27.8 Å². The summed E-state index contributed by atoms with van der Waals surface area (Å²) in [5.74, 6) is 0. The largest absolute Gasteiger partial charge is 0.266 e. The molecule has 29 heavy (non-hydrogen) atoms. The van der Waals surface area contributed by atoms with E-state index in [-0.39, 0.29) is 16.0 Å². The van der Waals surface area contributed by atoms with E-state index in [2.05, 4.69) is 9.97 Å². The van der Waals surface area contributed by atoms with E-state index >= 15 is 0 Å². The SMILES string of the molecule is CS(=O)(=O)c1ccc(-c2ccc(-c3cnc4cccc(C(F)F)c4n3)cc2)cc1. The van der Waals surface area contributed by atoms with Crippen LogP contribution in [0.15, 0.2) is 77.8 Å². The summed E-state index contributed by atoms with van der Waals surface area (Å²) in [6.45, 7) is 0. The van der Waals surface area contributed by atoms with Gasteiger partial charge < -0.3 is 0 Å². The molecular formula is C22H16F2N2O2S. The summed E-state index contributed by atoms with van der Waals surface area (Å²) in [5, 5.41) is 0. The normalized spacial score (nSPS) is 11.9. The van der Waals surface area contributed by atoms with Crippen molar-refractivity contribution in [1.82, 2.24) is 9.97 Å². The maximum Gasteiger partial charge on any atom is 0.266 e. The molecule has 7 heteroatoms. The molecule has 0 bridgehead atoms. The van der Waals surface area contributed by atoms with E-state index in [0.29, 0.717) is 11.2 Å². The molecule has 3 aromatic carbocycles. The first kappa shape index (κ1) is 19.1. The Kier molecular flexibility index (Phi) is 4.84. The number of sulfone groups is 1. The maximum atomic E-state index is 13.3. The van der Waals surface area contributed by atoms with Crippen molar-refractivity contribution in [3.05, 3.63) is 78.5 Å². The predicted octanol–water partition coefficient (Wildman–Crippen LogP) is 5.30. The molecule has 1 aromatic heterocycles. The fraction of sp³-hybridized carbons (Fsp3) is 0.0909. The van der Waals surface area contributed by atoms with Gasteiger partial charge in [0.2, 0.25) is 0 Å². The van der Waals surface area contributed by atoms with Gasteiger partial charge >= 0.3 is 0 Å². The number of halogens is 2. The third-order valence-electron chi connectivity index (χ3n) is 4.64. The lowest BCUT2D eigenvalue weighted by Crippen LogP contribution is -1.96. The van der Waals surface area contributed by atoms with Crippen molar-refractivity contribution in [2.75, 3.05) is 6.26 Å². The average Bonchev–Trinajstić information content (AvgIpc) is 2.72. The summed E-state index contributed by atoms with van der Waals surface area (Å²) in [4.78, 5) is 8.92. The molecule has 0 aliphatic carbocycles.